The molecule has 3 aliphatic rings. The van der Waals surface area contributed by atoms with Gasteiger partial charge in [0.25, 0.3) is 0 Å². The number of piperidine rings is 1. The van der Waals surface area contributed by atoms with Crippen molar-refractivity contribution in [2.24, 2.45) is 4.99 Å². The molecule has 1 aromatic carbocycles. The van der Waals surface area contributed by atoms with Crippen LogP contribution in [0.5, 0.6) is 0 Å². The van der Waals surface area contributed by atoms with Gasteiger partial charge in [0, 0.05) is 58.0 Å². The molecule has 0 bridgehead atoms. The number of nitrogens with zero attached hydrogens (tertiary/aromatic N) is 3. The number of rotatable bonds is 6. The Hall–Kier alpha value is -1.63. The lowest BCUT2D eigenvalue weighted by atomic mass is 9.88. The molecule has 2 N–H and O–H groups in total. The molecular formula is C25H41N5O. The molecule has 0 unspecified atom stereocenters. The Balaban J connectivity index is 1.25. The first-order valence-electron chi connectivity index (χ1n) is 12.2. The van der Waals surface area contributed by atoms with Crippen LogP contribution in [0, 0.1) is 6.92 Å². The first-order chi connectivity index (χ1) is 15.2. The Bertz CT molecular complexity index is 716. The van der Waals surface area contributed by atoms with E-state index in [2.05, 4.69) is 56.6 Å². The number of ether oxygens (including phenoxy) is 1. The second-order valence-corrected chi connectivity index (χ2v) is 9.64. The van der Waals surface area contributed by atoms with Crippen LogP contribution in [0.15, 0.2) is 29.3 Å². The van der Waals surface area contributed by atoms with Gasteiger partial charge in [-0.25, -0.2) is 0 Å². The first kappa shape index (κ1) is 22.6. The van der Waals surface area contributed by atoms with Crippen molar-refractivity contribution in [3.63, 3.8) is 0 Å². The molecule has 31 heavy (non-hydrogen) atoms. The summed E-state index contributed by atoms with van der Waals surface area (Å²) in [6.45, 7) is 10.7. The number of nitrogens with one attached hydrogen (secondary N) is 2. The summed E-state index contributed by atoms with van der Waals surface area (Å²) in [6, 6.07) is 9.39. The fourth-order valence-electron chi connectivity index (χ4n) is 5.49. The Kier molecular flexibility index (Phi) is 7.86. The summed E-state index contributed by atoms with van der Waals surface area (Å²) in [5, 5.41) is 7.40. The van der Waals surface area contributed by atoms with E-state index >= 15 is 0 Å². The van der Waals surface area contributed by atoms with Gasteiger partial charge in [-0.15, -0.1) is 0 Å². The third kappa shape index (κ3) is 5.99. The highest BCUT2D eigenvalue weighted by Crippen LogP contribution is 2.30. The molecular weight excluding hydrogens is 386 g/mol. The second kappa shape index (κ2) is 10.8. The van der Waals surface area contributed by atoms with Crippen LogP contribution in [0.3, 0.4) is 0 Å². The second-order valence-electron chi connectivity index (χ2n) is 9.64. The van der Waals surface area contributed by atoms with E-state index in [0.29, 0.717) is 6.04 Å². The maximum atomic E-state index is 5.69. The Labute approximate surface area is 188 Å². The third-order valence-electron chi connectivity index (χ3n) is 7.43. The minimum Gasteiger partial charge on any atom is -0.381 e. The average molecular weight is 428 g/mol. The monoisotopic (exact) mass is 427 g/mol. The number of hydrogen-bond donors (Lipinski definition) is 2. The SMILES string of the molecule is CN=C(NCC1(N2CCCC2)CCOCC1)NC1CCN(Cc2cccc(C)c2)CC1. The van der Waals surface area contributed by atoms with Gasteiger partial charge >= 0.3 is 0 Å². The van der Waals surface area contributed by atoms with Gasteiger partial charge in [0.05, 0.1) is 0 Å². The number of aliphatic imine (C=N–C) groups is 1. The highest BCUT2D eigenvalue weighted by Gasteiger charge is 2.39. The van der Waals surface area contributed by atoms with Gasteiger partial charge in [-0.05, 0) is 64.1 Å². The summed E-state index contributed by atoms with van der Waals surface area (Å²) < 4.78 is 5.69. The molecule has 0 amide bonds. The van der Waals surface area contributed by atoms with Crippen LogP contribution in [-0.4, -0.2) is 80.3 Å². The van der Waals surface area contributed by atoms with Crippen molar-refractivity contribution in [2.75, 3.05) is 53.0 Å². The smallest absolute Gasteiger partial charge is 0.191 e. The molecule has 4 rings (SSSR count). The lowest BCUT2D eigenvalue weighted by Gasteiger charge is -2.45. The topological polar surface area (TPSA) is 52.1 Å². The minimum absolute atomic E-state index is 0.226. The molecule has 0 spiro atoms. The van der Waals surface area contributed by atoms with E-state index in [1.807, 2.05) is 7.05 Å². The minimum atomic E-state index is 0.226. The van der Waals surface area contributed by atoms with Crippen molar-refractivity contribution in [1.29, 1.82) is 0 Å². The lowest BCUT2D eigenvalue weighted by Crippen LogP contribution is -2.59. The maximum absolute atomic E-state index is 5.69. The summed E-state index contributed by atoms with van der Waals surface area (Å²) >= 11 is 0. The van der Waals surface area contributed by atoms with Crippen LogP contribution >= 0.6 is 0 Å². The highest BCUT2D eigenvalue weighted by atomic mass is 16.5. The Morgan fingerprint density at radius 1 is 1.13 bits per heavy atom. The van der Waals surface area contributed by atoms with Gasteiger partial charge in [0.15, 0.2) is 5.96 Å². The first-order valence-corrected chi connectivity index (χ1v) is 12.2. The van der Waals surface area contributed by atoms with Crippen LogP contribution in [-0.2, 0) is 11.3 Å². The maximum Gasteiger partial charge on any atom is 0.191 e. The zero-order valence-electron chi connectivity index (χ0n) is 19.5. The Morgan fingerprint density at radius 3 is 2.55 bits per heavy atom. The van der Waals surface area contributed by atoms with Crippen LogP contribution in [0.25, 0.3) is 0 Å². The van der Waals surface area contributed by atoms with Crippen molar-refractivity contribution >= 4 is 5.96 Å². The van der Waals surface area contributed by atoms with Crippen molar-refractivity contribution in [2.45, 2.75) is 63.6 Å². The highest BCUT2D eigenvalue weighted by molar-refractivity contribution is 5.80. The van der Waals surface area contributed by atoms with Crippen molar-refractivity contribution in [3.05, 3.63) is 35.4 Å². The Morgan fingerprint density at radius 2 is 1.87 bits per heavy atom. The summed E-state index contributed by atoms with van der Waals surface area (Å²) in [4.78, 5) is 9.84. The molecule has 0 atom stereocenters. The molecule has 0 aliphatic carbocycles. The van der Waals surface area contributed by atoms with Crippen LogP contribution in [0.2, 0.25) is 0 Å². The summed E-state index contributed by atoms with van der Waals surface area (Å²) in [7, 11) is 1.90. The van der Waals surface area contributed by atoms with Gasteiger partial charge in [0.2, 0.25) is 0 Å². The van der Waals surface area contributed by atoms with Gasteiger partial charge in [-0.3, -0.25) is 14.8 Å². The largest absolute Gasteiger partial charge is 0.381 e. The zero-order chi connectivity index (χ0) is 21.5. The van der Waals surface area contributed by atoms with Gasteiger partial charge < -0.3 is 15.4 Å². The van der Waals surface area contributed by atoms with E-state index in [9.17, 15) is 0 Å². The fraction of sp³-hybridized carbons (Fsp3) is 0.720. The van der Waals surface area contributed by atoms with E-state index in [4.69, 9.17) is 4.74 Å². The summed E-state index contributed by atoms with van der Waals surface area (Å²) in [5.74, 6) is 0.960. The molecule has 3 aliphatic heterocycles. The lowest BCUT2D eigenvalue weighted by molar-refractivity contribution is -0.0164. The molecule has 0 saturated carbocycles. The van der Waals surface area contributed by atoms with Crippen molar-refractivity contribution in [1.82, 2.24) is 20.4 Å². The predicted molar refractivity (Wildman–Crippen MR) is 128 cm³/mol. The van der Waals surface area contributed by atoms with Gasteiger partial charge in [0.1, 0.15) is 0 Å². The molecule has 3 saturated heterocycles. The van der Waals surface area contributed by atoms with Crippen LogP contribution in [0.1, 0.15) is 49.7 Å². The van der Waals surface area contributed by atoms with Crippen molar-refractivity contribution in [3.8, 4) is 0 Å². The molecule has 0 aromatic heterocycles. The molecule has 0 radical (unpaired) electrons. The summed E-state index contributed by atoms with van der Waals surface area (Å²) in [5.41, 5.74) is 3.00. The third-order valence-corrected chi connectivity index (χ3v) is 7.43. The van der Waals surface area contributed by atoms with Gasteiger partial charge in [-0.2, -0.15) is 0 Å². The van der Waals surface area contributed by atoms with Crippen LogP contribution in [0.4, 0.5) is 0 Å². The summed E-state index contributed by atoms with van der Waals surface area (Å²) in [6.07, 6.45) is 7.23. The standard InChI is InChI=1S/C25H41N5O/c1-21-6-5-7-22(18-21)19-29-14-8-23(9-15-29)28-24(26-2)27-20-25(10-16-31-17-11-25)30-12-3-4-13-30/h5-7,18,23H,3-4,8-17,19-20H2,1-2H3,(H2,26,27,28). The van der Waals surface area contributed by atoms with E-state index in [1.54, 1.807) is 0 Å². The zero-order valence-corrected chi connectivity index (χ0v) is 19.5. The average Bonchev–Trinajstić information content (AvgIpc) is 3.34. The fourth-order valence-corrected chi connectivity index (χ4v) is 5.49. The molecule has 6 heteroatoms. The predicted octanol–water partition coefficient (Wildman–Crippen LogP) is 2.77. The van der Waals surface area contributed by atoms with Gasteiger partial charge in [-0.1, -0.05) is 29.8 Å². The van der Waals surface area contributed by atoms with Crippen molar-refractivity contribution < 1.29 is 4.74 Å². The van der Waals surface area contributed by atoms with Crippen LogP contribution < -0.4 is 10.6 Å². The molecule has 6 nitrogen and oxygen atoms in total. The number of aryl methyl sites for hydroxylation is 1. The molecule has 1 aromatic rings. The number of hydrogen-bond acceptors (Lipinski definition) is 4. The van der Waals surface area contributed by atoms with E-state index in [0.717, 1.165) is 71.0 Å². The van der Waals surface area contributed by atoms with E-state index in [1.165, 1.54) is 37.1 Å². The molecule has 3 fully saturated rings. The molecule has 3 heterocycles. The normalized spacial score (nSPS) is 23.7. The van der Waals surface area contributed by atoms with E-state index in [-0.39, 0.29) is 5.54 Å². The molecule has 172 valence electrons. The quantitative estimate of drug-likeness (QED) is 0.540. The number of benzene rings is 1. The van der Waals surface area contributed by atoms with E-state index < -0.39 is 0 Å². The number of guanidine groups is 1. The number of likely N-dealkylation sites (tertiary alicyclic amines) is 2.